The summed E-state index contributed by atoms with van der Waals surface area (Å²) < 4.78 is 5.30. The van der Waals surface area contributed by atoms with Crippen molar-refractivity contribution < 1.29 is 9.53 Å². The lowest BCUT2D eigenvalue weighted by Crippen LogP contribution is -2.24. The van der Waals surface area contributed by atoms with Crippen LogP contribution in [0.15, 0.2) is 18.2 Å². The minimum Gasteiger partial charge on any atom is -0.410 e. The number of rotatable bonds is 1. The third kappa shape index (κ3) is 2.75. The molecule has 1 aromatic carbocycles. The SMILES string of the molecule is CNC(=O)Oc1c(C)cccc1C(C)(C)C. The minimum absolute atomic E-state index is 0.0463. The van der Waals surface area contributed by atoms with Crippen molar-refractivity contribution in [3.05, 3.63) is 29.3 Å². The van der Waals surface area contributed by atoms with Crippen LogP contribution in [0.1, 0.15) is 31.9 Å². The Morgan fingerprint density at radius 2 is 1.94 bits per heavy atom. The van der Waals surface area contributed by atoms with E-state index in [0.29, 0.717) is 5.75 Å². The summed E-state index contributed by atoms with van der Waals surface area (Å²) in [5.74, 6) is 0.661. The summed E-state index contributed by atoms with van der Waals surface area (Å²) in [6.07, 6.45) is -0.431. The van der Waals surface area contributed by atoms with Gasteiger partial charge in [-0.15, -0.1) is 0 Å². The van der Waals surface area contributed by atoms with Crippen LogP contribution in [-0.2, 0) is 5.41 Å². The van der Waals surface area contributed by atoms with Gasteiger partial charge in [0.05, 0.1) is 0 Å². The Hall–Kier alpha value is -1.51. The molecule has 1 rings (SSSR count). The zero-order valence-electron chi connectivity index (χ0n) is 10.5. The van der Waals surface area contributed by atoms with Gasteiger partial charge in [0.1, 0.15) is 5.75 Å². The van der Waals surface area contributed by atoms with E-state index in [1.54, 1.807) is 7.05 Å². The van der Waals surface area contributed by atoms with Gasteiger partial charge in [0, 0.05) is 12.6 Å². The molecule has 16 heavy (non-hydrogen) atoms. The molecule has 0 saturated heterocycles. The van der Waals surface area contributed by atoms with Gasteiger partial charge in [0.2, 0.25) is 0 Å². The second-order valence-corrected chi connectivity index (χ2v) is 4.84. The van der Waals surface area contributed by atoms with Crippen LogP contribution in [0, 0.1) is 6.92 Å². The summed E-state index contributed by atoms with van der Waals surface area (Å²) in [6, 6.07) is 5.91. The van der Waals surface area contributed by atoms with Crippen molar-refractivity contribution in [2.75, 3.05) is 7.05 Å². The maximum absolute atomic E-state index is 11.3. The van der Waals surface area contributed by atoms with Crippen LogP contribution in [0.4, 0.5) is 4.79 Å². The average Bonchev–Trinajstić information content (AvgIpc) is 2.19. The van der Waals surface area contributed by atoms with E-state index in [-0.39, 0.29) is 5.41 Å². The fraction of sp³-hybridized carbons (Fsp3) is 0.462. The number of hydrogen-bond donors (Lipinski definition) is 1. The summed E-state index contributed by atoms with van der Waals surface area (Å²) in [4.78, 5) is 11.3. The predicted molar refractivity (Wildman–Crippen MR) is 65.0 cm³/mol. The highest BCUT2D eigenvalue weighted by Crippen LogP contribution is 2.33. The lowest BCUT2D eigenvalue weighted by molar-refractivity contribution is 0.201. The normalized spacial score (nSPS) is 11.1. The van der Waals surface area contributed by atoms with E-state index in [2.05, 4.69) is 26.1 Å². The monoisotopic (exact) mass is 221 g/mol. The number of ether oxygens (including phenoxy) is 1. The summed E-state index contributed by atoms with van der Waals surface area (Å²) in [5.41, 5.74) is 1.96. The maximum Gasteiger partial charge on any atom is 0.412 e. The molecule has 3 heteroatoms. The molecule has 0 radical (unpaired) electrons. The molecule has 0 heterocycles. The molecular weight excluding hydrogens is 202 g/mol. The predicted octanol–water partition coefficient (Wildman–Crippen LogP) is 3.01. The molecule has 0 aromatic heterocycles. The van der Waals surface area contributed by atoms with Gasteiger partial charge in [-0.1, -0.05) is 39.0 Å². The largest absolute Gasteiger partial charge is 0.412 e. The molecule has 1 amide bonds. The second kappa shape index (κ2) is 4.56. The van der Waals surface area contributed by atoms with Crippen molar-refractivity contribution in [3.8, 4) is 5.75 Å². The molecule has 3 nitrogen and oxygen atoms in total. The van der Waals surface area contributed by atoms with Gasteiger partial charge in [0.25, 0.3) is 0 Å². The Morgan fingerprint density at radius 3 is 2.44 bits per heavy atom. The van der Waals surface area contributed by atoms with Gasteiger partial charge in [-0.25, -0.2) is 4.79 Å². The fourth-order valence-electron chi connectivity index (χ4n) is 1.52. The number of para-hydroxylation sites is 1. The number of carbonyl (C=O) groups is 1. The fourth-order valence-corrected chi connectivity index (χ4v) is 1.52. The Morgan fingerprint density at radius 1 is 1.31 bits per heavy atom. The quantitative estimate of drug-likeness (QED) is 0.791. The van der Waals surface area contributed by atoms with E-state index >= 15 is 0 Å². The van der Waals surface area contributed by atoms with Crippen LogP contribution in [0.2, 0.25) is 0 Å². The molecule has 0 aliphatic rings. The van der Waals surface area contributed by atoms with E-state index in [4.69, 9.17) is 4.74 Å². The Bertz CT molecular complexity index is 391. The van der Waals surface area contributed by atoms with Gasteiger partial charge >= 0.3 is 6.09 Å². The maximum atomic E-state index is 11.3. The van der Waals surface area contributed by atoms with Crippen molar-refractivity contribution in [3.63, 3.8) is 0 Å². The molecule has 1 N–H and O–H groups in total. The molecule has 1 aromatic rings. The van der Waals surface area contributed by atoms with Crippen LogP contribution in [0.5, 0.6) is 5.75 Å². The third-order valence-corrected chi connectivity index (χ3v) is 2.42. The van der Waals surface area contributed by atoms with Crippen LogP contribution in [0.25, 0.3) is 0 Å². The van der Waals surface area contributed by atoms with Crippen molar-refractivity contribution in [1.29, 1.82) is 0 Å². The molecule has 0 aliphatic heterocycles. The first-order valence-electron chi connectivity index (χ1n) is 5.36. The number of nitrogens with one attached hydrogen (secondary N) is 1. The Balaban J connectivity index is 3.19. The highest BCUT2D eigenvalue weighted by molar-refractivity contribution is 5.71. The van der Waals surface area contributed by atoms with Gasteiger partial charge in [0.15, 0.2) is 0 Å². The zero-order chi connectivity index (χ0) is 12.3. The molecule has 0 bridgehead atoms. The van der Waals surface area contributed by atoms with E-state index < -0.39 is 6.09 Å². The van der Waals surface area contributed by atoms with Crippen molar-refractivity contribution >= 4 is 6.09 Å². The molecule has 0 fully saturated rings. The topological polar surface area (TPSA) is 38.3 Å². The minimum atomic E-state index is -0.431. The molecule has 0 spiro atoms. The smallest absolute Gasteiger partial charge is 0.410 e. The highest BCUT2D eigenvalue weighted by Gasteiger charge is 2.21. The van der Waals surface area contributed by atoms with Gasteiger partial charge in [-0.05, 0) is 17.9 Å². The standard InChI is InChI=1S/C13H19NO2/c1-9-7-6-8-10(13(2,3)4)11(9)16-12(15)14-5/h6-8H,1-5H3,(H,14,15). The number of benzene rings is 1. The van der Waals surface area contributed by atoms with E-state index in [1.807, 2.05) is 25.1 Å². The first-order valence-corrected chi connectivity index (χ1v) is 5.36. The number of amides is 1. The van der Waals surface area contributed by atoms with Crippen LogP contribution in [0.3, 0.4) is 0 Å². The van der Waals surface area contributed by atoms with E-state index in [0.717, 1.165) is 11.1 Å². The Kier molecular flexibility index (Phi) is 3.58. The van der Waals surface area contributed by atoms with E-state index in [1.165, 1.54) is 0 Å². The van der Waals surface area contributed by atoms with Crippen molar-refractivity contribution in [2.24, 2.45) is 0 Å². The van der Waals surface area contributed by atoms with Crippen LogP contribution in [-0.4, -0.2) is 13.1 Å². The number of carbonyl (C=O) groups excluding carboxylic acids is 1. The number of aryl methyl sites for hydroxylation is 1. The van der Waals surface area contributed by atoms with Crippen molar-refractivity contribution in [1.82, 2.24) is 5.32 Å². The molecular formula is C13H19NO2. The summed E-state index contributed by atoms with van der Waals surface area (Å²) in [7, 11) is 1.55. The summed E-state index contributed by atoms with van der Waals surface area (Å²) >= 11 is 0. The zero-order valence-corrected chi connectivity index (χ0v) is 10.5. The van der Waals surface area contributed by atoms with Crippen LogP contribution < -0.4 is 10.1 Å². The van der Waals surface area contributed by atoms with Gasteiger partial charge < -0.3 is 10.1 Å². The van der Waals surface area contributed by atoms with Gasteiger partial charge in [-0.2, -0.15) is 0 Å². The first-order chi connectivity index (χ1) is 7.36. The molecule has 0 unspecified atom stereocenters. The lowest BCUT2D eigenvalue weighted by atomic mass is 9.85. The van der Waals surface area contributed by atoms with E-state index in [9.17, 15) is 4.79 Å². The summed E-state index contributed by atoms with van der Waals surface area (Å²) in [5, 5.41) is 2.46. The molecule has 0 aliphatic carbocycles. The highest BCUT2D eigenvalue weighted by atomic mass is 16.6. The third-order valence-electron chi connectivity index (χ3n) is 2.42. The Labute approximate surface area is 96.8 Å². The lowest BCUT2D eigenvalue weighted by Gasteiger charge is -2.23. The van der Waals surface area contributed by atoms with Crippen LogP contribution >= 0.6 is 0 Å². The second-order valence-electron chi connectivity index (χ2n) is 4.84. The number of hydrogen-bond acceptors (Lipinski definition) is 2. The van der Waals surface area contributed by atoms with Gasteiger partial charge in [-0.3, -0.25) is 0 Å². The average molecular weight is 221 g/mol. The molecule has 0 saturated carbocycles. The molecule has 88 valence electrons. The summed E-state index contributed by atoms with van der Waals surface area (Å²) in [6.45, 7) is 8.23. The first kappa shape index (κ1) is 12.6. The van der Waals surface area contributed by atoms with Crippen molar-refractivity contribution in [2.45, 2.75) is 33.1 Å². The molecule has 0 atom stereocenters.